The number of nitriles is 1. The number of nitrogens with zero attached hydrogens (tertiary/aromatic N) is 4. The summed E-state index contributed by atoms with van der Waals surface area (Å²) in [5, 5.41) is 13.1. The van der Waals surface area contributed by atoms with E-state index in [1.807, 2.05) is 0 Å². The smallest absolute Gasteiger partial charge is 0.156 e. The molecule has 2 aromatic heterocycles. The van der Waals surface area contributed by atoms with Crippen molar-refractivity contribution in [1.29, 1.82) is 5.26 Å². The monoisotopic (exact) mass is 252 g/mol. The molecule has 2 heterocycles. The number of fused-ring (bicyclic) bond motifs is 1. The Labute approximate surface area is 108 Å². The fraction of sp³-hybridized carbons (Fsp3) is 0.0714. The first-order valence-corrected chi connectivity index (χ1v) is 5.74. The molecule has 0 radical (unpaired) electrons. The predicted molar refractivity (Wildman–Crippen MR) is 66.9 cm³/mol. The lowest BCUT2D eigenvalue weighted by molar-refractivity contribution is 0.627. The van der Waals surface area contributed by atoms with Gasteiger partial charge in [0.25, 0.3) is 0 Å². The van der Waals surface area contributed by atoms with Crippen LogP contribution in [0.4, 0.5) is 4.39 Å². The molecule has 0 spiro atoms. The largest absolute Gasteiger partial charge is 0.221 e. The summed E-state index contributed by atoms with van der Waals surface area (Å²) in [6, 6.07) is 11.7. The Hall–Kier alpha value is -2.74. The van der Waals surface area contributed by atoms with Crippen molar-refractivity contribution < 1.29 is 4.39 Å². The Morgan fingerprint density at radius 1 is 1.21 bits per heavy atom. The molecule has 0 aliphatic heterocycles. The zero-order chi connectivity index (χ0) is 13.2. The van der Waals surface area contributed by atoms with Crippen LogP contribution in [0.15, 0.2) is 42.6 Å². The van der Waals surface area contributed by atoms with Gasteiger partial charge in [-0.05, 0) is 23.8 Å². The summed E-state index contributed by atoms with van der Waals surface area (Å²) in [6.07, 6.45) is 2.24. The molecule has 1 aromatic carbocycles. The fourth-order valence-electron chi connectivity index (χ4n) is 1.86. The first-order valence-electron chi connectivity index (χ1n) is 5.74. The van der Waals surface area contributed by atoms with Gasteiger partial charge in [-0.3, -0.25) is 0 Å². The van der Waals surface area contributed by atoms with E-state index in [1.54, 1.807) is 35.0 Å². The normalized spacial score (nSPS) is 10.5. The topological polar surface area (TPSA) is 54.0 Å². The third-order valence-electron chi connectivity index (χ3n) is 2.79. The number of hydrogen-bond donors (Lipinski definition) is 0. The van der Waals surface area contributed by atoms with Crippen molar-refractivity contribution in [2.75, 3.05) is 0 Å². The number of aromatic nitrogens is 3. The molecule has 0 amide bonds. The highest BCUT2D eigenvalue weighted by molar-refractivity contribution is 5.45. The Morgan fingerprint density at radius 3 is 2.74 bits per heavy atom. The van der Waals surface area contributed by atoms with Crippen LogP contribution in [-0.4, -0.2) is 14.6 Å². The van der Waals surface area contributed by atoms with E-state index in [0.29, 0.717) is 23.5 Å². The SMILES string of the molecule is N#Cc1ccn2nc(Cc3ccc(F)cc3)nc2c1. The van der Waals surface area contributed by atoms with Gasteiger partial charge in [0, 0.05) is 18.7 Å². The van der Waals surface area contributed by atoms with Crippen LogP contribution in [-0.2, 0) is 6.42 Å². The number of benzene rings is 1. The average molecular weight is 252 g/mol. The molecular formula is C14H9FN4. The molecular weight excluding hydrogens is 243 g/mol. The van der Waals surface area contributed by atoms with Crippen molar-refractivity contribution in [3.63, 3.8) is 0 Å². The molecule has 5 heteroatoms. The van der Waals surface area contributed by atoms with Crippen LogP contribution in [0.2, 0.25) is 0 Å². The minimum absolute atomic E-state index is 0.259. The van der Waals surface area contributed by atoms with E-state index in [4.69, 9.17) is 5.26 Å². The zero-order valence-electron chi connectivity index (χ0n) is 9.92. The van der Waals surface area contributed by atoms with E-state index in [9.17, 15) is 4.39 Å². The van der Waals surface area contributed by atoms with Gasteiger partial charge < -0.3 is 0 Å². The lowest BCUT2D eigenvalue weighted by Gasteiger charge is -1.95. The number of hydrogen-bond acceptors (Lipinski definition) is 3. The average Bonchev–Trinajstić information content (AvgIpc) is 2.82. The molecule has 0 saturated carbocycles. The van der Waals surface area contributed by atoms with E-state index >= 15 is 0 Å². The summed E-state index contributed by atoms with van der Waals surface area (Å²) in [7, 11) is 0. The van der Waals surface area contributed by atoms with Crippen LogP contribution in [0.3, 0.4) is 0 Å². The molecule has 92 valence electrons. The first-order chi connectivity index (χ1) is 9.24. The van der Waals surface area contributed by atoms with Crippen molar-refractivity contribution in [3.8, 4) is 6.07 Å². The second-order valence-electron chi connectivity index (χ2n) is 4.16. The van der Waals surface area contributed by atoms with Crippen LogP contribution in [0.5, 0.6) is 0 Å². The Morgan fingerprint density at radius 2 is 2.00 bits per heavy atom. The molecule has 3 rings (SSSR count). The van der Waals surface area contributed by atoms with Crippen molar-refractivity contribution in [2.24, 2.45) is 0 Å². The minimum atomic E-state index is -0.259. The van der Waals surface area contributed by atoms with Crippen molar-refractivity contribution in [1.82, 2.24) is 14.6 Å². The third kappa shape index (κ3) is 2.29. The maximum Gasteiger partial charge on any atom is 0.156 e. The molecule has 0 saturated heterocycles. The van der Waals surface area contributed by atoms with E-state index in [2.05, 4.69) is 16.2 Å². The van der Waals surface area contributed by atoms with Crippen molar-refractivity contribution >= 4 is 5.65 Å². The van der Waals surface area contributed by atoms with Gasteiger partial charge in [0.2, 0.25) is 0 Å². The highest BCUT2D eigenvalue weighted by atomic mass is 19.1. The van der Waals surface area contributed by atoms with E-state index in [0.717, 1.165) is 5.56 Å². The van der Waals surface area contributed by atoms with E-state index in [-0.39, 0.29) is 5.82 Å². The maximum absolute atomic E-state index is 12.8. The Kier molecular flexibility index (Phi) is 2.69. The lowest BCUT2D eigenvalue weighted by atomic mass is 10.1. The fourth-order valence-corrected chi connectivity index (χ4v) is 1.86. The van der Waals surface area contributed by atoms with Crippen molar-refractivity contribution in [2.45, 2.75) is 6.42 Å². The van der Waals surface area contributed by atoms with Crippen LogP contribution >= 0.6 is 0 Å². The molecule has 0 atom stereocenters. The summed E-state index contributed by atoms with van der Waals surface area (Å²) >= 11 is 0. The second kappa shape index (κ2) is 4.50. The van der Waals surface area contributed by atoms with Gasteiger partial charge in [-0.25, -0.2) is 13.9 Å². The molecule has 0 aliphatic carbocycles. The molecule has 4 nitrogen and oxygen atoms in total. The second-order valence-corrected chi connectivity index (χ2v) is 4.16. The van der Waals surface area contributed by atoms with Gasteiger partial charge >= 0.3 is 0 Å². The summed E-state index contributed by atoms with van der Waals surface area (Å²) in [6.45, 7) is 0. The molecule has 3 aromatic rings. The number of halogens is 1. The van der Waals surface area contributed by atoms with E-state index < -0.39 is 0 Å². The predicted octanol–water partition coefficient (Wildman–Crippen LogP) is 2.33. The van der Waals surface area contributed by atoms with Gasteiger partial charge in [-0.15, -0.1) is 0 Å². The molecule has 0 aliphatic rings. The van der Waals surface area contributed by atoms with E-state index in [1.165, 1.54) is 12.1 Å². The number of pyridine rings is 1. The summed E-state index contributed by atoms with van der Waals surface area (Å²) in [5.74, 6) is 0.382. The van der Waals surface area contributed by atoms with Crippen molar-refractivity contribution in [3.05, 3.63) is 65.4 Å². The van der Waals surface area contributed by atoms with Gasteiger partial charge in [0.1, 0.15) is 5.82 Å². The summed E-state index contributed by atoms with van der Waals surface area (Å²) < 4.78 is 14.4. The molecule has 0 bridgehead atoms. The first kappa shape index (κ1) is 11.4. The van der Waals surface area contributed by atoms with Gasteiger partial charge in [-0.1, -0.05) is 12.1 Å². The maximum atomic E-state index is 12.8. The van der Waals surface area contributed by atoms with Gasteiger partial charge in [0.05, 0.1) is 11.6 Å². The molecule has 0 unspecified atom stereocenters. The van der Waals surface area contributed by atoms with Crippen LogP contribution in [0.1, 0.15) is 17.0 Å². The molecule has 0 fully saturated rings. The molecule has 19 heavy (non-hydrogen) atoms. The highest BCUT2D eigenvalue weighted by Crippen LogP contribution is 2.10. The van der Waals surface area contributed by atoms with Gasteiger partial charge in [-0.2, -0.15) is 10.4 Å². The number of rotatable bonds is 2. The quantitative estimate of drug-likeness (QED) is 0.703. The lowest BCUT2D eigenvalue weighted by Crippen LogP contribution is -1.92. The van der Waals surface area contributed by atoms with Crippen LogP contribution in [0.25, 0.3) is 5.65 Å². The zero-order valence-corrected chi connectivity index (χ0v) is 9.92. The standard InChI is InChI=1S/C14H9FN4/c15-12-3-1-10(2-4-12)7-13-17-14-8-11(9-16)5-6-19(14)18-13/h1-6,8H,7H2. The minimum Gasteiger partial charge on any atom is -0.221 e. The molecule has 0 N–H and O–H groups in total. The summed E-state index contributed by atoms with van der Waals surface area (Å²) in [4.78, 5) is 4.35. The van der Waals surface area contributed by atoms with Crippen LogP contribution < -0.4 is 0 Å². The Balaban J connectivity index is 1.93. The summed E-state index contributed by atoms with van der Waals surface area (Å²) in [5.41, 5.74) is 2.13. The van der Waals surface area contributed by atoms with Gasteiger partial charge in [0.15, 0.2) is 11.5 Å². The highest BCUT2D eigenvalue weighted by Gasteiger charge is 2.05. The third-order valence-corrected chi connectivity index (χ3v) is 2.79. The van der Waals surface area contributed by atoms with Crippen LogP contribution in [0, 0.1) is 17.1 Å². The Bertz CT molecular complexity index is 768.